The third-order valence-corrected chi connectivity index (χ3v) is 5.25. The normalized spacial score (nSPS) is 27.0. The first-order valence-corrected chi connectivity index (χ1v) is 10.4. The van der Waals surface area contributed by atoms with Crippen molar-refractivity contribution in [1.82, 2.24) is 0 Å². The highest BCUT2D eigenvalue weighted by Gasteiger charge is 2.55. The van der Waals surface area contributed by atoms with Gasteiger partial charge in [0.1, 0.15) is 12.2 Å². The van der Waals surface area contributed by atoms with Gasteiger partial charge < -0.3 is 23.7 Å². The van der Waals surface area contributed by atoms with Crippen LogP contribution >= 0.6 is 0 Å². The number of hydrogen-bond acceptors (Lipinski definition) is 6. The SMILES string of the molecule is CC1(C)OC2O[C@H](CCCOC(=O)c3ccccc3)[C@H](OCc3ccccc3)C2O1. The van der Waals surface area contributed by atoms with Gasteiger partial charge in [-0.3, -0.25) is 0 Å². The fraction of sp³-hybridized carbons (Fsp3) is 0.458. The number of carbonyl (C=O) groups is 1. The van der Waals surface area contributed by atoms with E-state index in [0.29, 0.717) is 31.6 Å². The monoisotopic (exact) mass is 412 g/mol. The van der Waals surface area contributed by atoms with Crippen molar-refractivity contribution in [3.8, 4) is 0 Å². The lowest BCUT2D eigenvalue weighted by Gasteiger charge is -2.26. The van der Waals surface area contributed by atoms with Crippen molar-refractivity contribution in [3.63, 3.8) is 0 Å². The van der Waals surface area contributed by atoms with Crippen LogP contribution in [0, 0.1) is 0 Å². The maximum absolute atomic E-state index is 12.1. The number of esters is 1. The predicted octanol–water partition coefficient (Wildman–Crippen LogP) is 4.09. The van der Waals surface area contributed by atoms with Crippen LogP contribution in [0.4, 0.5) is 0 Å². The smallest absolute Gasteiger partial charge is 0.338 e. The lowest BCUT2D eigenvalue weighted by atomic mass is 10.1. The minimum Gasteiger partial charge on any atom is -0.462 e. The number of ether oxygens (including phenoxy) is 5. The summed E-state index contributed by atoms with van der Waals surface area (Å²) in [5.74, 6) is -1.01. The van der Waals surface area contributed by atoms with E-state index in [1.807, 2.05) is 62.4 Å². The van der Waals surface area contributed by atoms with Crippen LogP contribution in [0.15, 0.2) is 60.7 Å². The number of carbonyl (C=O) groups excluding carboxylic acids is 1. The van der Waals surface area contributed by atoms with Crippen molar-refractivity contribution in [3.05, 3.63) is 71.8 Å². The molecule has 0 N–H and O–H groups in total. The molecular weight excluding hydrogens is 384 g/mol. The highest BCUT2D eigenvalue weighted by molar-refractivity contribution is 5.89. The van der Waals surface area contributed by atoms with Crippen LogP contribution in [0.5, 0.6) is 0 Å². The van der Waals surface area contributed by atoms with Gasteiger partial charge in [-0.1, -0.05) is 48.5 Å². The lowest BCUT2D eigenvalue weighted by molar-refractivity contribution is -0.220. The van der Waals surface area contributed by atoms with Gasteiger partial charge in [0.15, 0.2) is 12.1 Å². The van der Waals surface area contributed by atoms with Crippen LogP contribution in [-0.2, 0) is 30.3 Å². The quantitative estimate of drug-likeness (QED) is 0.481. The van der Waals surface area contributed by atoms with Crippen molar-refractivity contribution >= 4 is 5.97 Å². The maximum atomic E-state index is 12.1. The van der Waals surface area contributed by atoms with Crippen molar-refractivity contribution in [2.45, 2.75) is 63.7 Å². The van der Waals surface area contributed by atoms with Gasteiger partial charge in [0.05, 0.1) is 24.9 Å². The van der Waals surface area contributed by atoms with Gasteiger partial charge >= 0.3 is 5.97 Å². The Labute approximate surface area is 177 Å². The van der Waals surface area contributed by atoms with Crippen molar-refractivity contribution in [2.24, 2.45) is 0 Å². The zero-order chi connectivity index (χ0) is 21.0. The fourth-order valence-corrected chi connectivity index (χ4v) is 3.85. The molecule has 2 aliphatic heterocycles. The minimum absolute atomic E-state index is 0.185. The van der Waals surface area contributed by atoms with E-state index < -0.39 is 12.1 Å². The molecule has 2 unspecified atom stereocenters. The summed E-state index contributed by atoms with van der Waals surface area (Å²) in [5.41, 5.74) is 1.65. The fourth-order valence-electron chi connectivity index (χ4n) is 3.85. The third kappa shape index (κ3) is 5.08. The van der Waals surface area contributed by atoms with E-state index in [1.54, 1.807) is 12.1 Å². The van der Waals surface area contributed by atoms with Gasteiger partial charge in [-0.2, -0.15) is 0 Å². The third-order valence-electron chi connectivity index (χ3n) is 5.25. The molecule has 0 amide bonds. The average molecular weight is 412 g/mol. The summed E-state index contributed by atoms with van der Waals surface area (Å²) >= 11 is 0. The molecule has 2 fully saturated rings. The van der Waals surface area contributed by atoms with E-state index in [4.69, 9.17) is 23.7 Å². The summed E-state index contributed by atoms with van der Waals surface area (Å²) < 4.78 is 29.6. The molecule has 6 nitrogen and oxygen atoms in total. The summed E-state index contributed by atoms with van der Waals surface area (Å²) in [7, 11) is 0. The van der Waals surface area contributed by atoms with E-state index in [-0.39, 0.29) is 24.3 Å². The molecule has 0 bridgehead atoms. The highest BCUT2D eigenvalue weighted by atomic mass is 16.8. The molecule has 0 saturated carbocycles. The molecular formula is C24H28O6. The highest BCUT2D eigenvalue weighted by Crippen LogP contribution is 2.40. The molecule has 2 aromatic rings. The zero-order valence-electron chi connectivity index (χ0n) is 17.4. The summed E-state index contributed by atoms with van der Waals surface area (Å²) in [5, 5.41) is 0. The van der Waals surface area contributed by atoms with Gasteiger partial charge in [-0.05, 0) is 44.4 Å². The van der Waals surface area contributed by atoms with Crippen LogP contribution in [0.25, 0.3) is 0 Å². The molecule has 160 valence electrons. The summed E-state index contributed by atoms with van der Waals surface area (Å²) in [4.78, 5) is 12.1. The van der Waals surface area contributed by atoms with Crippen molar-refractivity contribution in [2.75, 3.05) is 6.61 Å². The van der Waals surface area contributed by atoms with Gasteiger partial charge in [0.2, 0.25) is 0 Å². The van der Waals surface area contributed by atoms with Gasteiger partial charge in [-0.25, -0.2) is 4.79 Å². The molecule has 0 aliphatic carbocycles. The second-order valence-corrected chi connectivity index (χ2v) is 8.05. The number of rotatable bonds is 8. The number of hydrogen-bond donors (Lipinski definition) is 0. The first kappa shape index (κ1) is 21.0. The summed E-state index contributed by atoms with van der Waals surface area (Å²) in [6.07, 6.45) is 0.189. The molecule has 2 aromatic carbocycles. The Hall–Kier alpha value is -2.25. The molecule has 4 rings (SSSR count). The van der Waals surface area contributed by atoms with Crippen LogP contribution in [0.3, 0.4) is 0 Å². The number of benzene rings is 2. The van der Waals surface area contributed by atoms with Gasteiger partial charge in [0.25, 0.3) is 0 Å². The Balaban J connectivity index is 1.31. The summed E-state index contributed by atoms with van der Waals surface area (Å²) in [6.45, 7) is 4.55. The first-order chi connectivity index (χ1) is 14.5. The Morgan fingerprint density at radius 1 is 1.00 bits per heavy atom. The maximum Gasteiger partial charge on any atom is 0.338 e. The molecule has 4 atom stereocenters. The molecule has 30 heavy (non-hydrogen) atoms. The molecule has 2 saturated heterocycles. The topological polar surface area (TPSA) is 63.2 Å². The predicted molar refractivity (Wildman–Crippen MR) is 110 cm³/mol. The first-order valence-electron chi connectivity index (χ1n) is 10.4. The Morgan fingerprint density at radius 2 is 1.70 bits per heavy atom. The molecule has 2 aliphatic rings. The Kier molecular flexibility index (Phi) is 6.49. The average Bonchev–Trinajstić information content (AvgIpc) is 3.22. The van der Waals surface area contributed by atoms with E-state index >= 15 is 0 Å². The van der Waals surface area contributed by atoms with E-state index in [9.17, 15) is 4.79 Å². The number of fused-ring (bicyclic) bond motifs is 1. The molecule has 6 heteroatoms. The van der Waals surface area contributed by atoms with Crippen LogP contribution in [0.1, 0.15) is 42.6 Å². The second kappa shape index (κ2) is 9.27. The van der Waals surface area contributed by atoms with Crippen LogP contribution in [0.2, 0.25) is 0 Å². The minimum atomic E-state index is -0.695. The standard InChI is InChI=1S/C24H28O6/c1-24(2)29-21-20(27-16-17-10-5-3-6-11-17)19(28-23(21)30-24)14-9-15-26-22(25)18-12-7-4-8-13-18/h3-8,10-13,19-21,23H,9,14-16H2,1-2H3/t19-,20+,21?,23?/m1/s1. The molecule has 0 aromatic heterocycles. The molecule has 2 heterocycles. The Morgan fingerprint density at radius 3 is 2.43 bits per heavy atom. The van der Waals surface area contributed by atoms with Crippen LogP contribution < -0.4 is 0 Å². The Bertz CT molecular complexity index is 822. The molecule has 0 radical (unpaired) electrons. The largest absolute Gasteiger partial charge is 0.462 e. The van der Waals surface area contributed by atoms with E-state index in [0.717, 1.165) is 5.56 Å². The van der Waals surface area contributed by atoms with E-state index in [2.05, 4.69) is 0 Å². The summed E-state index contributed by atoms with van der Waals surface area (Å²) in [6, 6.07) is 19.0. The van der Waals surface area contributed by atoms with E-state index in [1.165, 1.54) is 0 Å². The molecule has 0 spiro atoms. The van der Waals surface area contributed by atoms with Crippen LogP contribution in [-0.4, -0.2) is 43.0 Å². The second-order valence-electron chi connectivity index (χ2n) is 8.05. The lowest BCUT2D eigenvalue weighted by Crippen LogP contribution is -2.37. The van der Waals surface area contributed by atoms with Crippen molar-refractivity contribution in [1.29, 1.82) is 0 Å². The zero-order valence-corrected chi connectivity index (χ0v) is 17.4. The van der Waals surface area contributed by atoms with Gasteiger partial charge in [-0.15, -0.1) is 0 Å². The van der Waals surface area contributed by atoms with Gasteiger partial charge in [0, 0.05) is 0 Å². The van der Waals surface area contributed by atoms with Crippen molar-refractivity contribution < 1.29 is 28.5 Å².